The van der Waals surface area contributed by atoms with E-state index in [1.54, 1.807) is 11.9 Å². The lowest BCUT2D eigenvalue weighted by Gasteiger charge is -2.16. The van der Waals surface area contributed by atoms with E-state index in [1.807, 2.05) is 38.2 Å². The van der Waals surface area contributed by atoms with Crippen LogP contribution in [-0.2, 0) is 4.79 Å². The standard InChI is InChI=1S/C14H22N2O2/c1-5-16(4)14(17)10-18-13-8-6-7-12(9-13)11(2)15-3/h6-9,11,15H,5,10H2,1-4H3. The van der Waals surface area contributed by atoms with Gasteiger partial charge in [-0.3, -0.25) is 4.79 Å². The summed E-state index contributed by atoms with van der Waals surface area (Å²) in [7, 11) is 3.68. The van der Waals surface area contributed by atoms with Gasteiger partial charge in [-0.15, -0.1) is 0 Å². The topological polar surface area (TPSA) is 41.6 Å². The van der Waals surface area contributed by atoms with Crippen molar-refractivity contribution in [3.8, 4) is 5.75 Å². The Balaban J connectivity index is 2.60. The molecule has 100 valence electrons. The SMILES string of the molecule is CCN(C)C(=O)COc1cccc(C(C)NC)c1. The highest BCUT2D eigenvalue weighted by atomic mass is 16.5. The van der Waals surface area contributed by atoms with Gasteiger partial charge >= 0.3 is 0 Å². The normalized spacial score (nSPS) is 12.0. The van der Waals surface area contributed by atoms with Crippen molar-refractivity contribution in [3.05, 3.63) is 29.8 Å². The first-order chi connectivity index (χ1) is 8.58. The number of carbonyl (C=O) groups is 1. The number of amides is 1. The summed E-state index contributed by atoms with van der Waals surface area (Å²) in [5, 5.41) is 3.17. The number of hydrogen-bond acceptors (Lipinski definition) is 3. The highest BCUT2D eigenvalue weighted by molar-refractivity contribution is 5.77. The minimum Gasteiger partial charge on any atom is -0.484 e. The Morgan fingerprint density at radius 3 is 2.83 bits per heavy atom. The molecule has 18 heavy (non-hydrogen) atoms. The molecular formula is C14H22N2O2. The van der Waals surface area contributed by atoms with Gasteiger partial charge in [0, 0.05) is 19.6 Å². The molecule has 1 aromatic rings. The third kappa shape index (κ3) is 4.04. The number of hydrogen-bond donors (Lipinski definition) is 1. The molecule has 0 saturated heterocycles. The maximum atomic E-state index is 11.6. The van der Waals surface area contributed by atoms with E-state index >= 15 is 0 Å². The first-order valence-corrected chi connectivity index (χ1v) is 6.22. The van der Waals surface area contributed by atoms with Gasteiger partial charge in [-0.2, -0.15) is 0 Å². The van der Waals surface area contributed by atoms with Gasteiger partial charge in [-0.05, 0) is 38.6 Å². The first-order valence-electron chi connectivity index (χ1n) is 6.22. The van der Waals surface area contributed by atoms with Crippen LogP contribution in [-0.4, -0.2) is 38.1 Å². The van der Waals surface area contributed by atoms with Crippen molar-refractivity contribution in [2.24, 2.45) is 0 Å². The molecule has 1 unspecified atom stereocenters. The molecule has 4 nitrogen and oxygen atoms in total. The number of ether oxygens (including phenoxy) is 1. The third-order valence-electron chi connectivity index (χ3n) is 3.05. The van der Waals surface area contributed by atoms with Crippen LogP contribution in [0.4, 0.5) is 0 Å². The summed E-state index contributed by atoms with van der Waals surface area (Å²) in [6.45, 7) is 4.79. The molecule has 0 bridgehead atoms. The molecule has 0 aliphatic heterocycles. The van der Waals surface area contributed by atoms with Gasteiger partial charge in [0.2, 0.25) is 0 Å². The van der Waals surface area contributed by atoms with Crippen LogP contribution < -0.4 is 10.1 Å². The van der Waals surface area contributed by atoms with E-state index < -0.39 is 0 Å². The lowest BCUT2D eigenvalue weighted by Crippen LogP contribution is -2.31. The van der Waals surface area contributed by atoms with Crippen LogP contribution in [0.15, 0.2) is 24.3 Å². The fourth-order valence-corrected chi connectivity index (χ4v) is 1.47. The summed E-state index contributed by atoms with van der Waals surface area (Å²) >= 11 is 0. The average Bonchev–Trinajstić information content (AvgIpc) is 2.43. The zero-order chi connectivity index (χ0) is 13.5. The zero-order valence-electron chi connectivity index (χ0n) is 11.6. The van der Waals surface area contributed by atoms with Gasteiger partial charge in [0.1, 0.15) is 5.75 Å². The second-order valence-electron chi connectivity index (χ2n) is 4.28. The van der Waals surface area contributed by atoms with Crippen molar-refractivity contribution in [3.63, 3.8) is 0 Å². The fraction of sp³-hybridized carbons (Fsp3) is 0.500. The number of benzene rings is 1. The summed E-state index contributed by atoms with van der Waals surface area (Å²) in [4.78, 5) is 13.2. The molecule has 0 heterocycles. The summed E-state index contributed by atoms with van der Waals surface area (Å²) in [6.07, 6.45) is 0. The highest BCUT2D eigenvalue weighted by Gasteiger charge is 2.08. The number of likely N-dealkylation sites (N-methyl/N-ethyl adjacent to an activating group) is 1. The highest BCUT2D eigenvalue weighted by Crippen LogP contribution is 2.18. The summed E-state index contributed by atoms with van der Waals surface area (Å²) < 4.78 is 5.51. The average molecular weight is 250 g/mol. The Labute approximate surface area is 109 Å². The van der Waals surface area contributed by atoms with E-state index in [0.29, 0.717) is 6.54 Å². The lowest BCUT2D eigenvalue weighted by molar-refractivity contribution is -0.131. The van der Waals surface area contributed by atoms with Crippen LogP contribution in [0.5, 0.6) is 5.75 Å². The lowest BCUT2D eigenvalue weighted by atomic mass is 10.1. The number of rotatable bonds is 6. The van der Waals surface area contributed by atoms with E-state index in [4.69, 9.17) is 4.74 Å². The number of carbonyl (C=O) groups excluding carboxylic acids is 1. The van der Waals surface area contributed by atoms with Gasteiger partial charge in [0.05, 0.1) is 0 Å². The molecule has 0 aromatic heterocycles. The maximum Gasteiger partial charge on any atom is 0.260 e. The summed E-state index contributed by atoms with van der Waals surface area (Å²) in [5.41, 5.74) is 1.14. The Kier molecular flexibility index (Phi) is 5.65. The molecule has 4 heteroatoms. The van der Waals surface area contributed by atoms with Crippen LogP contribution in [0, 0.1) is 0 Å². The Bertz CT molecular complexity index is 393. The van der Waals surface area contributed by atoms with Gasteiger partial charge in [0.25, 0.3) is 5.91 Å². The third-order valence-corrected chi connectivity index (χ3v) is 3.05. The minimum atomic E-state index is -0.00966. The second-order valence-corrected chi connectivity index (χ2v) is 4.28. The predicted octanol–water partition coefficient (Wildman–Crippen LogP) is 1.82. The van der Waals surface area contributed by atoms with Crippen molar-refractivity contribution >= 4 is 5.91 Å². The van der Waals surface area contributed by atoms with Gasteiger partial charge in [0.15, 0.2) is 6.61 Å². The smallest absolute Gasteiger partial charge is 0.260 e. The summed E-state index contributed by atoms with van der Waals surface area (Å²) in [5.74, 6) is 0.719. The van der Waals surface area contributed by atoms with Crippen LogP contribution in [0.3, 0.4) is 0 Å². The molecule has 0 aliphatic rings. The molecule has 1 aromatic carbocycles. The molecule has 0 fully saturated rings. The second kappa shape index (κ2) is 7.01. The van der Waals surface area contributed by atoms with Crippen LogP contribution in [0.2, 0.25) is 0 Å². The van der Waals surface area contributed by atoms with Crippen molar-refractivity contribution in [1.82, 2.24) is 10.2 Å². The summed E-state index contributed by atoms with van der Waals surface area (Å²) in [6, 6.07) is 8.06. The molecule has 0 radical (unpaired) electrons. The monoisotopic (exact) mass is 250 g/mol. The van der Waals surface area contributed by atoms with Gasteiger partial charge in [-0.25, -0.2) is 0 Å². The Morgan fingerprint density at radius 2 is 2.22 bits per heavy atom. The van der Waals surface area contributed by atoms with E-state index in [0.717, 1.165) is 11.3 Å². The van der Waals surface area contributed by atoms with Crippen molar-refractivity contribution in [2.45, 2.75) is 19.9 Å². The molecule has 0 aliphatic carbocycles. The molecular weight excluding hydrogens is 228 g/mol. The van der Waals surface area contributed by atoms with Crippen molar-refractivity contribution in [1.29, 1.82) is 0 Å². The minimum absolute atomic E-state index is 0.00966. The first kappa shape index (κ1) is 14.5. The number of nitrogens with one attached hydrogen (secondary N) is 1. The van der Waals surface area contributed by atoms with Crippen LogP contribution in [0.25, 0.3) is 0 Å². The molecule has 1 N–H and O–H groups in total. The fourth-order valence-electron chi connectivity index (χ4n) is 1.47. The predicted molar refractivity (Wildman–Crippen MR) is 72.7 cm³/mol. The van der Waals surface area contributed by atoms with Crippen LogP contribution in [0.1, 0.15) is 25.5 Å². The zero-order valence-corrected chi connectivity index (χ0v) is 11.6. The molecule has 1 rings (SSSR count). The maximum absolute atomic E-state index is 11.6. The molecule has 0 spiro atoms. The van der Waals surface area contributed by atoms with Crippen molar-refractivity contribution in [2.75, 3.05) is 27.2 Å². The molecule has 1 atom stereocenters. The quantitative estimate of drug-likeness (QED) is 0.837. The van der Waals surface area contributed by atoms with Crippen molar-refractivity contribution < 1.29 is 9.53 Å². The van der Waals surface area contributed by atoms with Gasteiger partial charge in [-0.1, -0.05) is 12.1 Å². The Morgan fingerprint density at radius 1 is 1.50 bits per heavy atom. The van der Waals surface area contributed by atoms with E-state index in [9.17, 15) is 4.79 Å². The molecule has 0 saturated carbocycles. The van der Waals surface area contributed by atoms with Gasteiger partial charge < -0.3 is 15.0 Å². The Hall–Kier alpha value is -1.55. The molecule has 1 amide bonds. The largest absolute Gasteiger partial charge is 0.484 e. The van der Waals surface area contributed by atoms with E-state index in [2.05, 4.69) is 12.2 Å². The number of nitrogens with zero attached hydrogens (tertiary/aromatic N) is 1. The van der Waals surface area contributed by atoms with E-state index in [1.165, 1.54) is 0 Å². The van der Waals surface area contributed by atoms with Crippen LogP contribution >= 0.6 is 0 Å². The van der Waals surface area contributed by atoms with E-state index in [-0.39, 0.29) is 18.6 Å².